The molecule has 1 aliphatic rings. The first-order valence-electron chi connectivity index (χ1n) is 6.93. The summed E-state index contributed by atoms with van der Waals surface area (Å²) >= 11 is 0. The summed E-state index contributed by atoms with van der Waals surface area (Å²) in [5.41, 5.74) is 8.83. The fourth-order valence-electron chi connectivity index (χ4n) is 3.11. The van der Waals surface area contributed by atoms with Crippen molar-refractivity contribution in [2.45, 2.75) is 38.6 Å². The SMILES string of the molecule is CC1CCC(C(N)c2cnn3ccccc23)CC1. The van der Waals surface area contributed by atoms with Crippen molar-refractivity contribution in [3.63, 3.8) is 0 Å². The first-order valence-corrected chi connectivity index (χ1v) is 6.93. The molecular weight excluding hydrogens is 222 g/mol. The van der Waals surface area contributed by atoms with Gasteiger partial charge in [0.15, 0.2) is 0 Å². The van der Waals surface area contributed by atoms with Gasteiger partial charge in [0.25, 0.3) is 0 Å². The van der Waals surface area contributed by atoms with Gasteiger partial charge in [-0.25, -0.2) is 4.52 Å². The van der Waals surface area contributed by atoms with Crippen molar-refractivity contribution < 1.29 is 0 Å². The van der Waals surface area contributed by atoms with Gasteiger partial charge >= 0.3 is 0 Å². The smallest absolute Gasteiger partial charge is 0.0709 e. The summed E-state index contributed by atoms with van der Waals surface area (Å²) in [5, 5.41) is 4.39. The van der Waals surface area contributed by atoms with E-state index in [0.29, 0.717) is 5.92 Å². The Morgan fingerprint density at radius 3 is 2.83 bits per heavy atom. The number of hydrogen-bond acceptors (Lipinski definition) is 2. The Balaban J connectivity index is 1.85. The van der Waals surface area contributed by atoms with Crippen molar-refractivity contribution in [2.75, 3.05) is 0 Å². The summed E-state index contributed by atoms with van der Waals surface area (Å²) in [4.78, 5) is 0. The Bertz CT molecular complexity index is 523. The highest BCUT2D eigenvalue weighted by Gasteiger charge is 2.26. The highest BCUT2D eigenvalue weighted by atomic mass is 15.2. The largest absolute Gasteiger partial charge is 0.324 e. The van der Waals surface area contributed by atoms with Crippen LogP contribution in [0.3, 0.4) is 0 Å². The van der Waals surface area contributed by atoms with Crippen LogP contribution in [0.4, 0.5) is 0 Å². The van der Waals surface area contributed by atoms with Crippen LogP contribution < -0.4 is 5.73 Å². The van der Waals surface area contributed by atoms with Gasteiger partial charge in [0.1, 0.15) is 0 Å². The minimum absolute atomic E-state index is 0.136. The van der Waals surface area contributed by atoms with E-state index in [9.17, 15) is 0 Å². The number of pyridine rings is 1. The van der Waals surface area contributed by atoms with E-state index in [-0.39, 0.29) is 6.04 Å². The van der Waals surface area contributed by atoms with Crippen LogP contribution in [-0.4, -0.2) is 9.61 Å². The van der Waals surface area contributed by atoms with E-state index in [4.69, 9.17) is 5.73 Å². The Labute approximate surface area is 108 Å². The number of aromatic nitrogens is 2. The summed E-state index contributed by atoms with van der Waals surface area (Å²) in [6, 6.07) is 6.29. The van der Waals surface area contributed by atoms with Gasteiger partial charge in [-0.05, 0) is 36.8 Å². The third-order valence-corrected chi connectivity index (χ3v) is 4.38. The van der Waals surface area contributed by atoms with E-state index in [1.165, 1.54) is 31.2 Å². The quantitative estimate of drug-likeness (QED) is 0.880. The Morgan fingerprint density at radius 1 is 1.28 bits per heavy atom. The lowest BCUT2D eigenvalue weighted by Gasteiger charge is -2.30. The van der Waals surface area contributed by atoms with E-state index in [2.05, 4.69) is 24.2 Å². The van der Waals surface area contributed by atoms with Crippen LogP contribution in [-0.2, 0) is 0 Å². The summed E-state index contributed by atoms with van der Waals surface area (Å²) in [6.45, 7) is 2.34. The van der Waals surface area contributed by atoms with Gasteiger partial charge in [-0.15, -0.1) is 0 Å². The second-order valence-electron chi connectivity index (χ2n) is 5.68. The summed E-state index contributed by atoms with van der Waals surface area (Å²) in [6.07, 6.45) is 9.07. The van der Waals surface area contributed by atoms with Crippen LogP contribution >= 0.6 is 0 Å². The first-order chi connectivity index (χ1) is 8.75. The summed E-state index contributed by atoms with van der Waals surface area (Å²) in [7, 11) is 0. The molecule has 1 atom stereocenters. The average molecular weight is 243 g/mol. The normalized spacial score (nSPS) is 26.3. The first kappa shape index (κ1) is 11.7. The molecule has 1 fully saturated rings. The highest BCUT2D eigenvalue weighted by molar-refractivity contribution is 5.54. The lowest BCUT2D eigenvalue weighted by molar-refractivity contribution is 0.257. The Hall–Kier alpha value is -1.35. The highest BCUT2D eigenvalue weighted by Crippen LogP contribution is 2.36. The Kier molecular flexibility index (Phi) is 3.08. The van der Waals surface area contributed by atoms with Gasteiger partial charge in [-0.2, -0.15) is 5.10 Å². The molecule has 2 aromatic heterocycles. The maximum atomic E-state index is 6.47. The van der Waals surface area contributed by atoms with Crippen molar-refractivity contribution in [3.8, 4) is 0 Å². The molecule has 2 N–H and O–H groups in total. The van der Waals surface area contributed by atoms with E-state index in [0.717, 1.165) is 11.4 Å². The van der Waals surface area contributed by atoms with Crippen LogP contribution in [0.5, 0.6) is 0 Å². The molecule has 0 radical (unpaired) electrons. The fourth-order valence-corrected chi connectivity index (χ4v) is 3.11. The second kappa shape index (κ2) is 4.73. The molecule has 0 saturated heterocycles. The molecule has 1 unspecified atom stereocenters. The molecule has 96 valence electrons. The third-order valence-electron chi connectivity index (χ3n) is 4.38. The molecule has 0 spiro atoms. The van der Waals surface area contributed by atoms with Crippen molar-refractivity contribution in [1.82, 2.24) is 9.61 Å². The minimum atomic E-state index is 0.136. The van der Waals surface area contributed by atoms with Crippen LogP contribution in [0.25, 0.3) is 5.52 Å². The number of rotatable bonds is 2. The van der Waals surface area contributed by atoms with Gasteiger partial charge in [-0.1, -0.05) is 25.8 Å². The molecular formula is C15H21N3. The molecule has 0 aromatic carbocycles. The van der Waals surface area contributed by atoms with Gasteiger partial charge < -0.3 is 5.73 Å². The number of hydrogen-bond donors (Lipinski definition) is 1. The molecule has 2 aromatic rings. The number of nitrogens with zero attached hydrogens (tertiary/aromatic N) is 2. The summed E-state index contributed by atoms with van der Waals surface area (Å²) in [5.74, 6) is 1.49. The van der Waals surface area contributed by atoms with Crippen molar-refractivity contribution in [2.24, 2.45) is 17.6 Å². The molecule has 0 aliphatic heterocycles. The second-order valence-corrected chi connectivity index (χ2v) is 5.68. The van der Waals surface area contributed by atoms with Crippen molar-refractivity contribution in [3.05, 3.63) is 36.2 Å². The number of nitrogens with two attached hydrogens (primary N) is 1. The molecule has 0 amide bonds. The van der Waals surface area contributed by atoms with E-state index >= 15 is 0 Å². The molecule has 2 heterocycles. The van der Waals surface area contributed by atoms with Crippen LogP contribution in [0.2, 0.25) is 0 Å². The van der Waals surface area contributed by atoms with Crippen molar-refractivity contribution in [1.29, 1.82) is 0 Å². The monoisotopic (exact) mass is 243 g/mol. The predicted molar refractivity (Wildman–Crippen MR) is 73.2 cm³/mol. The molecule has 0 bridgehead atoms. The lowest BCUT2D eigenvalue weighted by Crippen LogP contribution is -2.25. The van der Waals surface area contributed by atoms with Gasteiger partial charge in [0.2, 0.25) is 0 Å². The van der Waals surface area contributed by atoms with E-state index in [1.54, 1.807) is 0 Å². The maximum absolute atomic E-state index is 6.47. The predicted octanol–water partition coefficient (Wildman–Crippen LogP) is 3.16. The van der Waals surface area contributed by atoms with E-state index < -0.39 is 0 Å². The standard InChI is InChI=1S/C15H21N3/c1-11-5-7-12(8-6-11)15(16)13-10-17-18-9-3-2-4-14(13)18/h2-4,9-12,15H,5-8,16H2,1H3. The summed E-state index contributed by atoms with van der Waals surface area (Å²) < 4.78 is 1.92. The molecule has 18 heavy (non-hydrogen) atoms. The molecule has 3 heteroatoms. The zero-order chi connectivity index (χ0) is 12.5. The zero-order valence-corrected chi connectivity index (χ0v) is 10.9. The van der Waals surface area contributed by atoms with E-state index in [1.807, 2.05) is 23.0 Å². The molecule has 1 aliphatic carbocycles. The lowest BCUT2D eigenvalue weighted by atomic mass is 9.78. The fraction of sp³-hybridized carbons (Fsp3) is 0.533. The molecule has 3 rings (SSSR count). The zero-order valence-electron chi connectivity index (χ0n) is 10.9. The minimum Gasteiger partial charge on any atom is -0.324 e. The molecule has 1 saturated carbocycles. The number of fused-ring (bicyclic) bond motifs is 1. The van der Waals surface area contributed by atoms with Gasteiger partial charge in [-0.3, -0.25) is 0 Å². The average Bonchev–Trinajstić information content (AvgIpc) is 2.82. The Morgan fingerprint density at radius 2 is 2.06 bits per heavy atom. The van der Waals surface area contributed by atoms with Crippen LogP contribution in [0.1, 0.15) is 44.2 Å². The topological polar surface area (TPSA) is 43.3 Å². The van der Waals surface area contributed by atoms with Crippen molar-refractivity contribution >= 4 is 5.52 Å². The van der Waals surface area contributed by atoms with Gasteiger partial charge in [0, 0.05) is 17.8 Å². The van der Waals surface area contributed by atoms with Crippen LogP contribution in [0.15, 0.2) is 30.6 Å². The van der Waals surface area contributed by atoms with Gasteiger partial charge in [0.05, 0.1) is 11.7 Å². The maximum Gasteiger partial charge on any atom is 0.0709 e. The van der Waals surface area contributed by atoms with Crippen LogP contribution in [0, 0.1) is 11.8 Å². The third kappa shape index (κ3) is 2.03. The molecule has 3 nitrogen and oxygen atoms in total.